The van der Waals surface area contributed by atoms with Gasteiger partial charge in [0.05, 0.1) is 6.10 Å². The lowest BCUT2D eigenvalue weighted by Crippen LogP contribution is -2.16. The minimum atomic E-state index is -4.17. The predicted octanol–water partition coefficient (Wildman–Crippen LogP) is 2.99. The first-order valence-electron chi connectivity index (χ1n) is 4.23. The second-order valence-electron chi connectivity index (χ2n) is 3.14. The van der Waals surface area contributed by atoms with Crippen molar-refractivity contribution in [2.45, 2.75) is 31.5 Å². The minimum absolute atomic E-state index is 0.223. The Kier molecular flexibility index (Phi) is 3.95. The third-order valence-electron chi connectivity index (χ3n) is 1.81. The van der Waals surface area contributed by atoms with E-state index in [-0.39, 0.29) is 6.42 Å². The molecule has 1 atom stereocenters. The average molecular weight is 224 g/mol. The topological polar surface area (TPSA) is 20.2 Å². The molecule has 0 aromatic carbocycles. The fourth-order valence-electron chi connectivity index (χ4n) is 1.11. The number of thiophene rings is 1. The lowest BCUT2D eigenvalue weighted by Gasteiger charge is -2.11. The van der Waals surface area contributed by atoms with Crippen molar-refractivity contribution in [2.75, 3.05) is 0 Å². The highest BCUT2D eigenvalue weighted by molar-refractivity contribution is 7.07. The Hall–Kier alpha value is -0.550. The van der Waals surface area contributed by atoms with E-state index < -0.39 is 18.7 Å². The van der Waals surface area contributed by atoms with Crippen LogP contribution in [-0.2, 0) is 6.42 Å². The molecule has 0 aliphatic heterocycles. The monoisotopic (exact) mass is 224 g/mol. The quantitative estimate of drug-likeness (QED) is 0.833. The molecule has 0 aliphatic rings. The van der Waals surface area contributed by atoms with Crippen LogP contribution in [0.5, 0.6) is 0 Å². The third kappa shape index (κ3) is 4.62. The summed E-state index contributed by atoms with van der Waals surface area (Å²) < 4.78 is 35.4. The Morgan fingerprint density at radius 2 is 2.14 bits per heavy atom. The van der Waals surface area contributed by atoms with Gasteiger partial charge in [0, 0.05) is 6.42 Å². The molecule has 0 aliphatic carbocycles. The van der Waals surface area contributed by atoms with Crippen molar-refractivity contribution >= 4 is 11.3 Å². The largest absolute Gasteiger partial charge is 0.393 e. The molecular formula is C9H11F3OS. The highest BCUT2D eigenvalue weighted by Crippen LogP contribution is 2.23. The molecule has 1 rings (SSSR count). The van der Waals surface area contributed by atoms with Crippen molar-refractivity contribution in [3.63, 3.8) is 0 Å². The molecule has 0 saturated heterocycles. The van der Waals surface area contributed by atoms with E-state index in [0.717, 1.165) is 5.56 Å². The van der Waals surface area contributed by atoms with E-state index >= 15 is 0 Å². The van der Waals surface area contributed by atoms with E-state index in [4.69, 9.17) is 0 Å². The van der Waals surface area contributed by atoms with Crippen LogP contribution in [-0.4, -0.2) is 17.4 Å². The maximum atomic E-state index is 11.8. The average Bonchev–Trinajstić information content (AvgIpc) is 2.52. The molecule has 1 aromatic heterocycles. The molecule has 1 unspecified atom stereocenters. The molecule has 14 heavy (non-hydrogen) atoms. The van der Waals surface area contributed by atoms with E-state index in [1.165, 1.54) is 11.3 Å². The number of halogens is 3. The van der Waals surface area contributed by atoms with Crippen molar-refractivity contribution in [1.29, 1.82) is 0 Å². The number of aliphatic hydroxyl groups excluding tert-OH is 1. The fourth-order valence-corrected chi connectivity index (χ4v) is 1.79. The first kappa shape index (κ1) is 11.5. The Labute approximate surface area is 84.2 Å². The zero-order chi connectivity index (χ0) is 10.6. The highest BCUT2D eigenvalue weighted by atomic mass is 32.1. The van der Waals surface area contributed by atoms with Gasteiger partial charge in [-0.25, -0.2) is 0 Å². The maximum Gasteiger partial charge on any atom is 0.389 e. The standard InChI is InChI=1S/C9H11F3OS/c10-9(11,12)3-1-8(13)5-7-2-4-14-6-7/h2,4,6,8,13H,1,3,5H2. The molecule has 80 valence electrons. The summed E-state index contributed by atoms with van der Waals surface area (Å²) in [5.41, 5.74) is 0.893. The summed E-state index contributed by atoms with van der Waals surface area (Å²) in [6.45, 7) is 0. The van der Waals surface area contributed by atoms with Gasteiger partial charge in [0.2, 0.25) is 0 Å². The second-order valence-corrected chi connectivity index (χ2v) is 3.92. The van der Waals surface area contributed by atoms with Crippen molar-refractivity contribution in [3.05, 3.63) is 22.4 Å². The number of rotatable bonds is 4. The zero-order valence-electron chi connectivity index (χ0n) is 7.42. The Morgan fingerprint density at radius 3 is 2.64 bits per heavy atom. The molecule has 0 saturated carbocycles. The Balaban J connectivity index is 2.26. The van der Waals surface area contributed by atoms with Crippen LogP contribution in [0, 0.1) is 0 Å². The van der Waals surface area contributed by atoms with Crippen LogP contribution in [0.25, 0.3) is 0 Å². The minimum Gasteiger partial charge on any atom is -0.393 e. The summed E-state index contributed by atoms with van der Waals surface area (Å²) in [5, 5.41) is 13.0. The maximum absolute atomic E-state index is 11.8. The molecule has 1 heterocycles. The Morgan fingerprint density at radius 1 is 1.43 bits per heavy atom. The van der Waals surface area contributed by atoms with Crippen molar-refractivity contribution < 1.29 is 18.3 Å². The molecule has 0 fully saturated rings. The van der Waals surface area contributed by atoms with Gasteiger partial charge in [0.25, 0.3) is 0 Å². The number of hydrogen-bond donors (Lipinski definition) is 1. The summed E-state index contributed by atoms with van der Waals surface area (Å²) in [6.07, 6.45) is -5.90. The lowest BCUT2D eigenvalue weighted by atomic mass is 10.1. The smallest absolute Gasteiger partial charge is 0.389 e. The van der Waals surface area contributed by atoms with Gasteiger partial charge in [-0.15, -0.1) is 0 Å². The van der Waals surface area contributed by atoms with Gasteiger partial charge in [-0.1, -0.05) is 0 Å². The van der Waals surface area contributed by atoms with Gasteiger partial charge >= 0.3 is 6.18 Å². The number of alkyl halides is 3. The summed E-state index contributed by atoms with van der Waals surface area (Å²) in [6, 6.07) is 1.81. The summed E-state index contributed by atoms with van der Waals surface area (Å²) in [5.74, 6) is 0. The Bertz CT molecular complexity index is 256. The van der Waals surface area contributed by atoms with E-state index in [0.29, 0.717) is 6.42 Å². The van der Waals surface area contributed by atoms with Crippen LogP contribution < -0.4 is 0 Å². The fraction of sp³-hybridized carbons (Fsp3) is 0.556. The molecule has 1 N–H and O–H groups in total. The van der Waals surface area contributed by atoms with Crippen molar-refractivity contribution in [1.82, 2.24) is 0 Å². The zero-order valence-corrected chi connectivity index (χ0v) is 8.24. The summed E-state index contributed by atoms with van der Waals surface area (Å²) >= 11 is 1.47. The van der Waals surface area contributed by atoms with E-state index in [1.807, 2.05) is 16.8 Å². The molecule has 1 aromatic rings. The molecule has 0 spiro atoms. The molecule has 5 heteroatoms. The normalized spacial score (nSPS) is 14.3. The van der Waals surface area contributed by atoms with Crippen LogP contribution in [0.2, 0.25) is 0 Å². The van der Waals surface area contributed by atoms with Crippen molar-refractivity contribution in [2.24, 2.45) is 0 Å². The molecule has 0 bridgehead atoms. The van der Waals surface area contributed by atoms with Crippen LogP contribution in [0.3, 0.4) is 0 Å². The van der Waals surface area contributed by atoms with E-state index in [1.54, 1.807) is 0 Å². The SMILES string of the molecule is OC(CCC(F)(F)F)Cc1ccsc1. The predicted molar refractivity (Wildman–Crippen MR) is 49.3 cm³/mol. The van der Waals surface area contributed by atoms with Crippen LogP contribution >= 0.6 is 11.3 Å². The first-order chi connectivity index (χ1) is 6.47. The van der Waals surface area contributed by atoms with Gasteiger partial charge in [-0.3, -0.25) is 0 Å². The van der Waals surface area contributed by atoms with Gasteiger partial charge < -0.3 is 5.11 Å². The van der Waals surface area contributed by atoms with Gasteiger partial charge in [-0.2, -0.15) is 24.5 Å². The highest BCUT2D eigenvalue weighted by Gasteiger charge is 2.27. The molecular weight excluding hydrogens is 213 g/mol. The van der Waals surface area contributed by atoms with E-state index in [9.17, 15) is 18.3 Å². The lowest BCUT2D eigenvalue weighted by molar-refractivity contribution is -0.139. The first-order valence-corrected chi connectivity index (χ1v) is 5.17. The van der Waals surface area contributed by atoms with Crippen LogP contribution in [0.1, 0.15) is 18.4 Å². The van der Waals surface area contributed by atoms with Crippen molar-refractivity contribution in [3.8, 4) is 0 Å². The van der Waals surface area contributed by atoms with Gasteiger partial charge in [-0.05, 0) is 35.2 Å². The summed E-state index contributed by atoms with van der Waals surface area (Å²) in [4.78, 5) is 0. The number of hydrogen-bond acceptors (Lipinski definition) is 2. The summed E-state index contributed by atoms with van der Waals surface area (Å²) in [7, 11) is 0. The third-order valence-corrected chi connectivity index (χ3v) is 2.54. The molecule has 0 radical (unpaired) electrons. The van der Waals surface area contributed by atoms with E-state index in [2.05, 4.69) is 0 Å². The van der Waals surface area contributed by atoms with Gasteiger partial charge in [0.1, 0.15) is 0 Å². The molecule has 0 amide bonds. The number of aliphatic hydroxyl groups is 1. The van der Waals surface area contributed by atoms with Gasteiger partial charge in [0.15, 0.2) is 0 Å². The van der Waals surface area contributed by atoms with Crippen LogP contribution in [0.15, 0.2) is 16.8 Å². The second kappa shape index (κ2) is 4.79. The van der Waals surface area contributed by atoms with Crippen LogP contribution in [0.4, 0.5) is 13.2 Å². The molecule has 1 nitrogen and oxygen atoms in total.